The maximum Gasteiger partial charge on any atom is 0.129 e. The monoisotopic (exact) mass is 215 g/mol. The number of halogens is 2. The van der Waals surface area contributed by atoms with Crippen LogP contribution in [-0.4, -0.2) is 5.54 Å². The summed E-state index contributed by atoms with van der Waals surface area (Å²) in [5.74, 6) is -0.255. The zero-order valence-corrected chi connectivity index (χ0v) is 9.45. The van der Waals surface area contributed by atoms with Crippen LogP contribution in [0.4, 0.5) is 4.39 Å². The molecule has 0 saturated heterocycles. The first kappa shape index (κ1) is 11.5. The van der Waals surface area contributed by atoms with E-state index in [1.165, 1.54) is 6.07 Å². The second-order valence-electron chi connectivity index (χ2n) is 4.34. The molecule has 14 heavy (non-hydrogen) atoms. The Morgan fingerprint density at radius 2 is 2.00 bits per heavy atom. The smallest absolute Gasteiger partial charge is 0.129 e. The Balaban J connectivity index is 2.68. The third-order valence-electron chi connectivity index (χ3n) is 1.82. The predicted molar refractivity (Wildman–Crippen MR) is 58.0 cm³/mol. The van der Waals surface area contributed by atoms with E-state index >= 15 is 0 Å². The van der Waals surface area contributed by atoms with E-state index in [9.17, 15) is 4.39 Å². The number of rotatable bonds is 2. The topological polar surface area (TPSA) is 12.0 Å². The van der Waals surface area contributed by atoms with Gasteiger partial charge in [-0.15, -0.1) is 0 Å². The van der Waals surface area contributed by atoms with E-state index in [0.717, 1.165) is 0 Å². The molecule has 1 nitrogen and oxygen atoms in total. The molecule has 3 heteroatoms. The Morgan fingerprint density at radius 3 is 2.50 bits per heavy atom. The Kier molecular flexibility index (Phi) is 3.51. The van der Waals surface area contributed by atoms with Gasteiger partial charge in [0.15, 0.2) is 0 Å². The quantitative estimate of drug-likeness (QED) is 0.798. The van der Waals surface area contributed by atoms with E-state index in [4.69, 9.17) is 11.6 Å². The second kappa shape index (κ2) is 4.28. The van der Waals surface area contributed by atoms with Crippen LogP contribution in [0.5, 0.6) is 0 Å². The minimum atomic E-state index is -0.255. The number of hydrogen-bond donors (Lipinski definition) is 1. The van der Waals surface area contributed by atoms with Crippen LogP contribution >= 0.6 is 11.6 Å². The largest absolute Gasteiger partial charge is 0.308 e. The van der Waals surface area contributed by atoms with Crippen molar-refractivity contribution in [3.63, 3.8) is 0 Å². The minimum Gasteiger partial charge on any atom is -0.308 e. The fourth-order valence-electron chi connectivity index (χ4n) is 1.03. The minimum absolute atomic E-state index is 0.00786. The first-order chi connectivity index (χ1) is 6.38. The van der Waals surface area contributed by atoms with Crippen LogP contribution in [0.1, 0.15) is 26.3 Å². The number of nitrogens with one attached hydrogen (secondary N) is 1. The van der Waals surface area contributed by atoms with E-state index in [0.29, 0.717) is 17.1 Å². The standard InChI is InChI=1S/C11H15ClFN/c1-11(2,3)14-7-8-4-5-9(12)6-10(8)13/h4-6,14H,7H2,1-3H3. The SMILES string of the molecule is CC(C)(C)NCc1ccc(Cl)cc1F. The van der Waals surface area contributed by atoms with Crippen molar-refractivity contribution in [2.75, 3.05) is 0 Å². The summed E-state index contributed by atoms with van der Waals surface area (Å²) in [6.45, 7) is 6.65. The molecule has 0 aliphatic rings. The highest BCUT2D eigenvalue weighted by atomic mass is 35.5. The summed E-state index contributed by atoms with van der Waals surface area (Å²) < 4.78 is 13.3. The summed E-state index contributed by atoms with van der Waals surface area (Å²) in [4.78, 5) is 0. The van der Waals surface area contributed by atoms with Gasteiger partial charge in [0, 0.05) is 22.7 Å². The lowest BCUT2D eigenvalue weighted by Crippen LogP contribution is -2.35. The van der Waals surface area contributed by atoms with Crippen LogP contribution in [0.25, 0.3) is 0 Å². The Bertz CT molecular complexity index is 318. The molecule has 78 valence electrons. The summed E-state index contributed by atoms with van der Waals surface area (Å²) in [7, 11) is 0. The van der Waals surface area contributed by atoms with Crippen LogP contribution in [0.15, 0.2) is 18.2 Å². The fraction of sp³-hybridized carbons (Fsp3) is 0.455. The Labute approximate surface area is 89.3 Å². The molecule has 0 unspecified atom stereocenters. The van der Waals surface area contributed by atoms with Crippen molar-refractivity contribution in [3.05, 3.63) is 34.6 Å². The summed E-state index contributed by atoms with van der Waals surface area (Å²) in [6.07, 6.45) is 0. The summed E-state index contributed by atoms with van der Waals surface area (Å²) in [5, 5.41) is 3.65. The molecule has 0 fully saturated rings. The van der Waals surface area contributed by atoms with E-state index in [1.54, 1.807) is 12.1 Å². The van der Waals surface area contributed by atoms with Gasteiger partial charge in [0.1, 0.15) is 5.82 Å². The molecule has 0 saturated carbocycles. The van der Waals surface area contributed by atoms with Gasteiger partial charge >= 0.3 is 0 Å². The normalized spacial score (nSPS) is 11.8. The van der Waals surface area contributed by atoms with Gasteiger partial charge in [-0.1, -0.05) is 17.7 Å². The predicted octanol–water partition coefficient (Wildman–Crippen LogP) is 3.37. The number of hydrogen-bond acceptors (Lipinski definition) is 1. The zero-order valence-electron chi connectivity index (χ0n) is 8.70. The summed E-state index contributed by atoms with van der Waals surface area (Å²) >= 11 is 5.65. The van der Waals surface area contributed by atoms with Gasteiger partial charge < -0.3 is 5.32 Å². The molecule has 1 aromatic rings. The average Bonchev–Trinajstić information content (AvgIpc) is 2.00. The molecular weight excluding hydrogens is 201 g/mol. The first-order valence-corrected chi connectivity index (χ1v) is 4.95. The molecule has 0 aliphatic carbocycles. The molecule has 0 aliphatic heterocycles. The third kappa shape index (κ3) is 3.64. The van der Waals surface area contributed by atoms with Crippen molar-refractivity contribution >= 4 is 11.6 Å². The average molecular weight is 216 g/mol. The van der Waals surface area contributed by atoms with Gasteiger partial charge in [0.2, 0.25) is 0 Å². The molecule has 0 radical (unpaired) electrons. The van der Waals surface area contributed by atoms with E-state index < -0.39 is 0 Å². The molecule has 1 rings (SSSR count). The highest BCUT2D eigenvalue weighted by molar-refractivity contribution is 6.30. The maximum absolute atomic E-state index is 13.3. The lowest BCUT2D eigenvalue weighted by atomic mass is 10.1. The van der Waals surface area contributed by atoms with Gasteiger partial charge in [-0.05, 0) is 32.9 Å². The first-order valence-electron chi connectivity index (χ1n) is 4.57. The molecule has 0 amide bonds. The van der Waals surface area contributed by atoms with E-state index in [2.05, 4.69) is 5.32 Å². The molecule has 1 N–H and O–H groups in total. The Hall–Kier alpha value is -0.600. The highest BCUT2D eigenvalue weighted by Gasteiger charge is 2.10. The van der Waals surface area contributed by atoms with Crippen molar-refractivity contribution in [2.45, 2.75) is 32.9 Å². The fourth-order valence-corrected chi connectivity index (χ4v) is 1.18. The van der Waals surface area contributed by atoms with Crippen molar-refractivity contribution in [2.24, 2.45) is 0 Å². The molecule has 0 heterocycles. The van der Waals surface area contributed by atoms with Crippen LogP contribution in [0, 0.1) is 5.82 Å². The van der Waals surface area contributed by atoms with Gasteiger partial charge in [-0.3, -0.25) is 0 Å². The lowest BCUT2D eigenvalue weighted by Gasteiger charge is -2.20. The summed E-state index contributed by atoms with van der Waals surface area (Å²) in [5.41, 5.74) is 0.635. The van der Waals surface area contributed by atoms with Gasteiger partial charge in [-0.2, -0.15) is 0 Å². The van der Waals surface area contributed by atoms with Gasteiger partial charge in [0.25, 0.3) is 0 Å². The van der Waals surface area contributed by atoms with E-state index in [-0.39, 0.29) is 11.4 Å². The highest BCUT2D eigenvalue weighted by Crippen LogP contribution is 2.15. The van der Waals surface area contributed by atoms with Crippen molar-refractivity contribution in [1.29, 1.82) is 0 Å². The van der Waals surface area contributed by atoms with Crippen LogP contribution < -0.4 is 5.32 Å². The molecule has 1 aromatic carbocycles. The lowest BCUT2D eigenvalue weighted by molar-refractivity contribution is 0.418. The molecular formula is C11H15ClFN. The second-order valence-corrected chi connectivity index (χ2v) is 4.78. The zero-order chi connectivity index (χ0) is 10.8. The van der Waals surface area contributed by atoms with Crippen LogP contribution in [-0.2, 0) is 6.54 Å². The molecule has 0 atom stereocenters. The molecule has 0 aromatic heterocycles. The molecule has 0 spiro atoms. The van der Waals surface area contributed by atoms with Crippen LogP contribution in [0.2, 0.25) is 5.02 Å². The van der Waals surface area contributed by atoms with Gasteiger partial charge in [-0.25, -0.2) is 4.39 Å². The number of benzene rings is 1. The third-order valence-corrected chi connectivity index (χ3v) is 2.06. The van der Waals surface area contributed by atoms with Crippen molar-refractivity contribution < 1.29 is 4.39 Å². The van der Waals surface area contributed by atoms with Crippen molar-refractivity contribution in [3.8, 4) is 0 Å². The Morgan fingerprint density at radius 1 is 1.36 bits per heavy atom. The summed E-state index contributed by atoms with van der Waals surface area (Å²) in [6, 6.07) is 4.74. The van der Waals surface area contributed by atoms with Crippen LogP contribution in [0.3, 0.4) is 0 Å². The molecule has 0 bridgehead atoms. The van der Waals surface area contributed by atoms with Gasteiger partial charge in [0.05, 0.1) is 0 Å². The van der Waals surface area contributed by atoms with Crippen molar-refractivity contribution in [1.82, 2.24) is 5.32 Å². The maximum atomic E-state index is 13.3. The van der Waals surface area contributed by atoms with E-state index in [1.807, 2.05) is 20.8 Å².